The SMILES string of the molecule is CC[C@H]1C[C@H](OCc2ccc(F)c(F)c2)C1. The van der Waals surface area contributed by atoms with Crippen molar-refractivity contribution in [3.05, 3.63) is 35.4 Å². The molecule has 88 valence electrons. The van der Waals surface area contributed by atoms with Crippen molar-refractivity contribution < 1.29 is 13.5 Å². The van der Waals surface area contributed by atoms with Crippen LogP contribution in [-0.4, -0.2) is 6.10 Å². The van der Waals surface area contributed by atoms with Gasteiger partial charge >= 0.3 is 0 Å². The first kappa shape index (κ1) is 11.5. The molecule has 1 aliphatic rings. The first-order valence-corrected chi connectivity index (χ1v) is 5.74. The molecule has 0 amide bonds. The highest BCUT2D eigenvalue weighted by Crippen LogP contribution is 2.32. The van der Waals surface area contributed by atoms with Crippen LogP contribution >= 0.6 is 0 Å². The smallest absolute Gasteiger partial charge is 0.159 e. The molecule has 1 nitrogen and oxygen atoms in total. The van der Waals surface area contributed by atoms with Crippen LogP contribution in [0.15, 0.2) is 18.2 Å². The van der Waals surface area contributed by atoms with Crippen molar-refractivity contribution in [1.29, 1.82) is 0 Å². The van der Waals surface area contributed by atoms with Crippen LogP contribution in [0, 0.1) is 17.6 Å². The molecule has 1 saturated carbocycles. The van der Waals surface area contributed by atoms with E-state index < -0.39 is 11.6 Å². The zero-order valence-corrected chi connectivity index (χ0v) is 9.38. The van der Waals surface area contributed by atoms with E-state index in [1.807, 2.05) is 0 Å². The van der Waals surface area contributed by atoms with Gasteiger partial charge in [-0.3, -0.25) is 0 Å². The molecule has 0 radical (unpaired) electrons. The fourth-order valence-corrected chi connectivity index (χ4v) is 1.99. The lowest BCUT2D eigenvalue weighted by Crippen LogP contribution is -2.30. The summed E-state index contributed by atoms with van der Waals surface area (Å²) in [7, 11) is 0. The van der Waals surface area contributed by atoms with Gasteiger partial charge in [0, 0.05) is 0 Å². The van der Waals surface area contributed by atoms with Gasteiger partial charge < -0.3 is 4.74 Å². The average molecular weight is 226 g/mol. The largest absolute Gasteiger partial charge is 0.374 e. The van der Waals surface area contributed by atoms with Crippen LogP contribution in [0.4, 0.5) is 8.78 Å². The minimum atomic E-state index is -0.807. The van der Waals surface area contributed by atoms with Crippen LogP contribution in [0.2, 0.25) is 0 Å². The first-order valence-electron chi connectivity index (χ1n) is 5.74. The fraction of sp³-hybridized carbons (Fsp3) is 0.538. The van der Waals surface area contributed by atoms with Gasteiger partial charge in [0.05, 0.1) is 12.7 Å². The second-order valence-electron chi connectivity index (χ2n) is 4.43. The van der Waals surface area contributed by atoms with Crippen LogP contribution in [0.3, 0.4) is 0 Å². The maximum Gasteiger partial charge on any atom is 0.159 e. The van der Waals surface area contributed by atoms with Gasteiger partial charge in [0.25, 0.3) is 0 Å². The normalized spacial score (nSPS) is 24.2. The van der Waals surface area contributed by atoms with Gasteiger partial charge in [0.1, 0.15) is 0 Å². The lowest BCUT2D eigenvalue weighted by molar-refractivity contribution is -0.0409. The van der Waals surface area contributed by atoms with E-state index >= 15 is 0 Å². The van der Waals surface area contributed by atoms with E-state index in [9.17, 15) is 8.78 Å². The first-order chi connectivity index (χ1) is 7.69. The summed E-state index contributed by atoms with van der Waals surface area (Å²) in [4.78, 5) is 0. The van der Waals surface area contributed by atoms with Crippen molar-refractivity contribution in [1.82, 2.24) is 0 Å². The summed E-state index contributed by atoms with van der Waals surface area (Å²) in [6.45, 7) is 2.55. The Morgan fingerprint density at radius 2 is 2.00 bits per heavy atom. The van der Waals surface area contributed by atoms with Crippen molar-refractivity contribution in [3.63, 3.8) is 0 Å². The molecule has 16 heavy (non-hydrogen) atoms. The molecule has 0 unspecified atom stereocenters. The molecule has 0 saturated heterocycles. The Morgan fingerprint density at radius 1 is 1.25 bits per heavy atom. The zero-order valence-electron chi connectivity index (χ0n) is 9.38. The van der Waals surface area contributed by atoms with Gasteiger partial charge in [-0.15, -0.1) is 0 Å². The Labute approximate surface area is 94.4 Å². The van der Waals surface area contributed by atoms with Gasteiger partial charge in [0.2, 0.25) is 0 Å². The van der Waals surface area contributed by atoms with Crippen LogP contribution in [-0.2, 0) is 11.3 Å². The molecule has 0 aliphatic heterocycles. The van der Waals surface area contributed by atoms with Crippen LogP contribution in [0.5, 0.6) is 0 Å². The molecule has 1 aromatic carbocycles. The molecule has 3 heteroatoms. The summed E-state index contributed by atoms with van der Waals surface area (Å²) in [6, 6.07) is 3.91. The molecular weight excluding hydrogens is 210 g/mol. The van der Waals surface area contributed by atoms with Gasteiger partial charge in [-0.05, 0) is 36.5 Å². The predicted molar refractivity (Wildman–Crippen MR) is 58.0 cm³/mol. The summed E-state index contributed by atoms with van der Waals surface area (Å²) in [6.07, 6.45) is 3.70. The number of halogens is 2. The van der Waals surface area contributed by atoms with Gasteiger partial charge in [-0.25, -0.2) is 8.78 Å². The van der Waals surface area contributed by atoms with E-state index in [-0.39, 0.29) is 0 Å². The number of hydrogen-bond acceptors (Lipinski definition) is 1. The molecule has 2 rings (SSSR count). The van der Waals surface area contributed by atoms with Gasteiger partial charge in [0.15, 0.2) is 11.6 Å². The number of benzene rings is 1. The summed E-state index contributed by atoms with van der Waals surface area (Å²) in [5, 5.41) is 0. The maximum absolute atomic E-state index is 12.9. The van der Waals surface area contributed by atoms with Crippen LogP contribution in [0.25, 0.3) is 0 Å². The summed E-state index contributed by atoms with van der Waals surface area (Å²) in [5.41, 5.74) is 0.693. The highest BCUT2D eigenvalue weighted by molar-refractivity contribution is 5.16. The molecule has 0 spiro atoms. The Hall–Kier alpha value is -0.960. The van der Waals surface area contributed by atoms with Gasteiger partial charge in [-0.1, -0.05) is 19.4 Å². The highest BCUT2D eigenvalue weighted by atomic mass is 19.2. The second-order valence-corrected chi connectivity index (χ2v) is 4.43. The van der Waals surface area contributed by atoms with Crippen molar-refractivity contribution in [2.75, 3.05) is 0 Å². The third-order valence-corrected chi connectivity index (χ3v) is 3.24. The molecule has 1 aliphatic carbocycles. The highest BCUT2D eigenvalue weighted by Gasteiger charge is 2.28. The zero-order chi connectivity index (χ0) is 11.5. The monoisotopic (exact) mass is 226 g/mol. The predicted octanol–water partition coefficient (Wildman–Crippen LogP) is 3.67. The van der Waals surface area contributed by atoms with Crippen molar-refractivity contribution in [3.8, 4) is 0 Å². The van der Waals surface area contributed by atoms with E-state index in [1.165, 1.54) is 12.5 Å². The quantitative estimate of drug-likeness (QED) is 0.761. The van der Waals surface area contributed by atoms with E-state index in [2.05, 4.69) is 6.92 Å². The summed E-state index contributed by atoms with van der Waals surface area (Å²) >= 11 is 0. The molecule has 0 bridgehead atoms. The van der Waals surface area contributed by atoms with Crippen LogP contribution < -0.4 is 0 Å². The Bertz CT molecular complexity index is 359. The topological polar surface area (TPSA) is 9.23 Å². The fourth-order valence-electron chi connectivity index (χ4n) is 1.99. The molecular formula is C13H16F2O. The van der Waals surface area contributed by atoms with E-state index in [0.29, 0.717) is 18.3 Å². The maximum atomic E-state index is 12.9. The van der Waals surface area contributed by atoms with Crippen molar-refractivity contribution in [2.24, 2.45) is 5.92 Å². The molecule has 0 heterocycles. The van der Waals surface area contributed by atoms with Crippen molar-refractivity contribution >= 4 is 0 Å². The third kappa shape index (κ3) is 2.59. The molecule has 1 fully saturated rings. The second kappa shape index (κ2) is 4.91. The lowest BCUT2D eigenvalue weighted by atomic mass is 9.80. The average Bonchev–Trinajstić information content (AvgIpc) is 2.21. The Balaban J connectivity index is 1.80. The lowest BCUT2D eigenvalue weighted by Gasteiger charge is -2.34. The molecule has 0 aromatic heterocycles. The van der Waals surface area contributed by atoms with E-state index in [1.54, 1.807) is 6.07 Å². The van der Waals surface area contributed by atoms with E-state index in [0.717, 1.165) is 24.8 Å². The summed E-state index contributed by atoms with van der Waals surface area (Å²) < 4.78 is 31.1. The minimum Gasteiger partial charge on any atom is -0.374 e. The standard InChI is InChI=1S/C13H16F2O/c1-2-9-5-11(6-9)16-8-10-3-4-12(14)13(15)7-10/h3-4,7,9,11H,2,5-6,8H2,1H3/t9-,11-. The number of rotatable bonds is 4. The minimum absolute atomic E-state index is 0.304. The van der Waals surface area contributed by atoms with E-state index in [4.69, 9.17) is 4.74 Å². The van der Waals surface area contributed by atoms with Crippen molar-refractivity contribution in [2.45, 2.75) is 38.9 Å². The number of hydrogen-bond donors (Lipinski definition) is 0. The van der Waals surface area contributed by atoms with Crippen LogP contribution in [0.1, 0.15) is 31.7 Å². The number of ether oxygens (including phenoxy) is 1. The molecule has 0 N–H and O–H groups in total. The summed E-state index contributed by atoms with van der Waals surface area (Å²) in [5.74, 6) is -0.825. The molecule has 1 aromatic rings. The molecule has 0 atom stereocenters. The third-order valence-electron chi connectivity index (χ3n) is 3.24. The van der Waals surface area contributed by atoms with Gasteiger partial charge in [-0.2, -0.15) is 0 Å². The Kier molecular flexibility index (Phi) is 3.54. The Morgan fingerprint density at radius 3 is 2.62 bits per heavy atom.